The van der Waals surface area contributed by atoms with E-state index in [0.717, 1.165) is 22.9 Å². The summed E-state index contributed by atoms with van der Waals surface area (Å²) in [4.78, 5) is 31.1. The Balaban J connectivity index is 1.42. The first-order valence-electron chi connectivity index (χ1n) is 11.6. The van der Waals surface area contributed by atoms with Crippen LogP contribution < -0.4 is 0 Å². The maximum absolute atomic E-state index is 13.4. The Hall–Kier alpha value is -3.73. The molecule has 1 N–H and O–H groups in total. The fourth-order valence-corrected chi connectivity index (χ4v) is 5.70. The van der Waals surface area contributed by atoms with E-state index in [1.807, 2.05) is 53.4 Å². The highest BCUT2D eigenvalue weighted by molar-refractivity contribution is 5.95. The smallest absolute Gasteiger partial charge is 0.335 e. The minimum atomic E-state index is -0.920. The van der Waals surface area contributed by atoms with Crippen LogP contribution in [0.25, 0.3) is 16.5 Å². The van der Waals surface area contributed by atoms with Gasteiger partial charge in [0.25, 0.3) is 5.91 Å². The van der Waals surface area contributed by atoms with Gasteiger partial charge in [-0.25, -0.2) is 9.78 Å². The van der Waals surface area contributed by atoms with Crippen LogP contribution in [0.5, 0.6) is 0 Å². The summed E-state index contributed by atoms with van der Waals surface area (Å²) in [6.45, 7) is 7.85. The van der Waals surface area contributed by atoms with Crippen molar-refractivity contribution >= 4 is 28.4 Å². The second-order valence-electron chi connectivity index (χ2n) is 10.1. The summed E-state index contributed by atoms with van der Waals surface area (Å²) < 4.78 is 0. The van der Waals surface area contributed by atoms with Crippen molar-refractivity contribution in [2.45, 2.75) is 27.2 Å². The van der Waals surface area contributed by atoms with Gasteiger partial charge in [-0.3, -0.25) is 4.79 Å². The van der Waals surface area contributed by atoms with E-state index in [2.05, 4.69) is 37.9 Å². The van der Waals surface area contributed by atoms with Gasteiger partial charge in [-0.1, -0.05) is 74.9 Å². The molecule has 34 heavy (non-hydrogen) atoms. The number of carboxylic acids is 1. The highest BCUT2D eigenvalue weighted by Crippen LogP contribution is 2.55. The summed E-state index contributed by atoms with van der Waals surface area (Å²) in [5, 5.41) is 10.2. The molecule has 0 spiro atoms. The van der Waals surface area contributed by atoms with Gasteiger partial charge in [-0.15, -0.1) is 0 Å². The molecule has 1 atom stereocenters. The van der Waals surface area contributed by atoms with Gasteiger partial charge in [0.05, 0.1) is 11.1 Å². The van der Waals surface area contributed by atoms with E-state index >= 15 is 0 Å². The molecule has 1 aromatic heterocycles. The molecule has 0 fully saturated rings. The van der Waals surface area contributed by atoms with Gasteiger partial charge in [-0.05, 0) is 41.8 Å². The third-order valence-electron chi connectivity index (χ3n) is 7.36. The van der Waals surface area contributed by atoms with Crippen molar-refractivity contribution in [1.82, 2.24) is 9.88 Å². The number of aromatic carboxylic acids is 1. The summed E-state index contributed by atoms with van der Waals surface area (Å²) >= 11 is 0. The Labute approximate surface area is 199 Å². The molecule has 172 valence electrons. The van der Waals surface area contributed by atoms with E-state index in [0.29, 0.717) is 18.8 Å². The first-order valence-corrected chi connectivity index (χ1v) is 11.6. The number of allylic oxidation sites excluding steroid dienone is 2. The highest BCUT2D eigenvalue weighted by atomic mass is 16.4. The number of amides is 1. The minimum Gasteiger partial charge on any atom is -0.478 e. The molecular formula is C29H28N2O3. The monoisotopic (exact) mass is 452 g/mol. The molecule has 0 saturated carbocycles. The standard InChI is InChI=1S/C29H28N2O3/c1-28(2)22(19-8-10-21(11-9-19)27(33)34)14-16-29(3)18-31(17-15-25(28)29)26(32)24-13-12-20-6-4-5-7-23(20)30-24/h4-15H,16-18H2,1-3H3,(H,33,34)/t29-/m1/s1. The quantitative estimate of drug-likeness (QED) is 0.507. The van der Waals surface area contributed by atoms with Crippen LogP contribution in [-0.4, -0.2) is 40.0 Å². The second kappa shape index (κ2) is 7.94. The summed E-state index contributed by atoms with van der Waals surface area (Å²) in [5.74, 6) is -0.962. The predicted molar refractivity (Wildman–Crippen MR) is 134 cm³/mol. The number of hydrogen-bond acceptors (Lipinski definition) is 3. The third-order valence-corrected chi connectivity index (χ3v) is 7.36. The first kappa shape index (κ1) is 22.1. The van der Waals surface area contributed by atoms with Gasteiger partial charge in [-0.2, -0.15) is 0 Å². The zero-order valence-electron chi connectivity index (χ0n) is 19.7. The number of benzene rings is 2. The number of hydrogen-bond donors (Lipinski definition) is 1. The molecule has 0 unspecified atom stereocenters. The molecule has 1 aliphatic heterocycles. The fourth-order valence-electron chi connectivity index (χ4n) is 5.70. The van der Waals surface area contributed by atoms with E-state index in [9.17, 15) is 14.7 Å². The number of nitrogens with zero attached hydrogens (tertiary/aromatic N) is 2. The molecule has 1 aliphatic carbocycles. The van der Waals surface area contributed by atoms with Crippen molar-refractivity contribution in [1.29, 1.82) is 0 Å². The van der Waals surface area contributed by atoms with E-state index in [1.165, 1.54) is 11.1 Å². The SMILES string of the molecule is CC1(C)C(c2ccc(C(=O)O)cc2)=CC[C@]2(C)CN(C(=O)c3ccc4ccccc4n3)CC=C12. The molecule has 3 aromatic rings. The lowest BCUT2D eigenvalue weighted by Crippen LogP contribution is -2.48. The van der Waals surface area contributed by atoms with E-state index in [4.69, 9.17) is 0 Å². The summed E-state index contributed by atoms with van der Waals surface area (Å²) in [7, 11) is 0. The lowest BCUT2D eigenvalue weighted by molar-refractivity contribution is 0.0674. The Morgan fingerprint density at radius 1 is 0.941 bits per heavy atom. The van der Waals surface area contributed by atoms with E-state index < -0.39 is 5.97 Å². The Bertz CT molecular complexity index is 1370. The van der Waals surface area contributed by atoms with Crippen molar-refractivity contribution in [2.75, 3.05) is 13.1 Å². The molecule has 5 nitrogen and oxygen atoms in total. The van der Waals surface area contributed by atoms with Gasteiger partial charge in [0.1, 0.15) is 5.69 Å². The van der Waals surface area contributed by atoms with Gasteiger partial charge >= 0.3 is 5.97 Å². The van der Waals surface area contributed by atoms with Crippen molar-refractivity contribution < 1.29 is 14.7 Å². The molecule has 5 rings (SSSR count). The maximum atomic E-state index is 13.4. The Kier molecular flexibility index (Phi) is 5.16. The van der Waals surface area contributed by atoms with Crippen molar-refractivity contribution in [3.05, 3.63) is 95.2 Å². The normalized spacial score (nSPS) is 21.4. The molecular weight excluding hydrogens is 424 g/mol. The number of rotatable bonds is 3. The number of carbonyl (C=O) groups excluding carboxylic acids is 1. The topological polar surface area (TPSA) is 70.5 Å². The zero-order chi connectivity index (χ0) is 24.1. The van der Waals surface area contributed by atoms with Crippen LogP contribution in [0.1, 0.15) is 53.6 Å². The molecule has 0 saturated heterocycles. The van der Waals surface area contributed by atoms with Crippen molar-refractivity contribution in [3.8, 4) is 0 Å². The number of aromatic nitrogens is 1. The van der Waals surface area contributed by atoms with Crippen LogP contribution >= 0.6 is 0 Å². The predicted octanol–water partition coefficient (Wildman–Crippen LogP) is 5.84. The number of pyridine rings is 1. The van der Waals surface area contributed by atoms with Crippen LogP contribution in [0.2, 0.25) is 0 Å². The van der Waals surface area contributed by atoms with Crippen LogP contribution in [-0.2, 0) is 0 Å². The molecule has 0 radical (unpaired) electrons. The van der Waals surface area contributed by atoms with Crippen molar-refractivity contribution in [2.24, 2.45) is 10.8 Å². The van der Waals surface area contributed by atoms with Crippen molar-refractivity contribution in [3.63, 3.8) is 0 Å². The average molecular weight is 453 g/mol. The van der Waals surface area contributed by atoms with Gasteiger partial charge < -0.3 is 10.0 Å². The van der Waals surface area contributed by atoms with Gasteiger partial charge in [0.2, 0.25) is 0 Å². The van der Waals surface area contributed by atoms with E-state index in [-0.39, 0.29) is 22.3 Å². The van der Waals surface area contributed by atoms with Crippen LogP contribution in [0, 0.1) is 10.8 Å². The Morgan fingerprint density at radius 3 is 2.41 bits per heavy atom. The summed E-state index contributed by atoms with van der Waals surface area (Å²) in [6.07, 6.45) is 5.28. The van der Waals surface area contributed by atoms with Gasteiger partial charge in [0, 0.05) is 29.3 Å². The molecule has 2 aromatic carbocycles. The third kappa shape index (κ3) is 3.61. The number of para-hydroxylation sites is 1. The number of carboxylic acid groups (broad SMARTS) is 1. The first-order chi connectivity index (χ1) is 16.2. The molecule has 0 bridgehead atoms. The number of carbonyl (C=O) groups is 2. The highest BCUT2D eigenvalue weighted by Gasteiger charge is 2.46. The second-order valence-corrected chi connectivity index (χ2v) is 10.1. The zero-order valence-corrected chi connectivity index (χ0v) is 19.7. The lowest BCUT2D eigenvalue weighted by atomic mass is 9.58. The maximum Gasteiger partial charge on any atom is 0.335 e. The molecule has 2 heterocycles. The summed E-state index contributed by atoms with van der Waals surface area (Å²) in [6, 6.07) is 18.7. The largest absolute Gasteiger partial charge is 0.478 e. The van der Waals surface area contributed by atoms with Gasteiger partial charge in [0.15, 0.2) is 0 Å². The van der Waals surface area contributed by atoms with Crippen LogP contribution in [0.3, 0.4) is 0 Å². The Morgan fingerprint density at radius 2 is 1.68 bits per heavy atom. The van der Waals surface area contributed by atoms with Crippen LogP contribution in [0.15, 0.2) is 78.4 Å². The summed E-state index contributed by atoms with van der Waals surface area (Å²) in [5.41, 5.74) is 4.76. The number of fused-ring (bicyclic) bond motifs is 2. The lowest BCUT2D eigenvalue weighted by Gasteiger charge is -2.50. The molecule has 5 heteroatoms. The minimum absolute atomic E-state index is 0.0425. The molecule has 2 aliphatic rings. The van der Waals surface area contributed by atoms with E-state index in [1.54, 1.807) is 12.1 Å². The molecule has 1 amide bonds. The van der Waals surface area contributed by atoms with Crippen LogP contribution in [0.4, 0.5) is 0 Å². The fraction of sp³-hybridized carbons (Fsp3) is 0.276. The average Bonchev–Trinajstić information content (AvgIpc) is 2.82.